The van der Waals surface area contributed by atoms with E-state index in [-0.39, 0.29) is 11.4 Å². The fraction of sp³-hybridized carbons (Fsp3) is 0.200. The molecular weight excluding hydrogens is 459 g/mol. The molecule has 4 rings (SSSR count). The van der Waals surface area contributed by atoms with Gasteiger partial charge >= 0.3 is 0 Å². The zero-order chi connectivity index (χ0) is 20.4. The van der Waals surface area contributed by atoms with Crippen LogP contribution < -0.4 is 5.56 Å². The minimum atomic E-state index is -0.327. The SMILES string of the molecule is CCCn1c(SCc2noc(-c3ccc(F)cc3)n2)nc2ccc(Br)cc2c1=O. The van der Waals surface area contributed by atoms with Crippen LogP contribution in [0.15, 0.2) is 61.4 Å². The van der Waals surface area contributed by atoms with Gasteiger partial charge in [0, 0.05) is 16.6 Å². The first-order valence-electron chi connectivity index (χ1n) is 8.96. The van der Waals surface area contributed by atoms with E-state index < -0.39 is 0 Å². The molecule has 0 aliphatic heterocycles. The average Bonchev–Trinajstić information content (AvgIpc) is 3.19. The van der Waals surface area contributed by atoms with Crippen molar-refractivity contribution in [3.8, 4) is 11.5 Å². The summed E-state index contributed by atoms with van der Waals surface area (Å²) >= 11 is 4.79. The molecule has 0 radical (unpaired) electrons. The number of fused-ring (bicyclic) bond motifs is 1. The van der Waals surface area contributed by atoms with Crippen molar-refractivity contribution in [2.24, 2.45) is 0 Å². The summed E-state index contributed by atoms with van der Waals surface area (Å²) in [4.78, 5) is 21.9. The monoisotopic (exact) mass is 474 g/mol. The fourth-order valence-electron chi connectivity index (χ4n) is 2.86. The Morgan fingerprint density at radius 1 is 1.17 bits per heavy atom. The maximum absolute atomic E-state index is 13.1. The zero-order valence-electron chi connectivity index (χ0n) is 15.4. The molecule has 0 aliphatic carbocycles. The van der Waals surface area contributed by atoms with E-state index in [2.05, 4.69) is 31.1 Å². The second-order valence-corrected chi connectivity index (χ2v) is 8.18. The van der Waals surface area contributed by atoms with Gasteiger partial charge in [0.25, 0.3) is 11.4 Å². The van der Waals surface area contributed by atoms with Gasteiger partial charge in [-0.3, -0.25) is 9.36 Å². The Bertz CT molecular complexity index is 1220. The maximum atomic E-state index is 13.1. The molecule has 0 bridgehead atoms. The van der Waals surface area contributed by atoms with Crippen molar-refractivity contribution >= 4 is 38.6 Å². The van der Waals surface area contributed by atoms with E-state index in [0.29, 0.717) is 45.6 Å². The molecule has 0 fully saturated rings. The van der Waals surface area contributed by atoms with Gasteiger partial charge in [0.05, 0.1) is 16.7 Å². The summed E-state index contributed by atoms with van der Waals surface area (Å²) in [6.45, 7) is 2.59. The molecular formula is C20H16BrFN4O2S. The molecule has 29 heavy (non-hydrogen) atoms. The first kappa shape index (κ1) is 19.8. The maximum Gasteiger partial charge on any atom is 0.262 e. The fourth-order valence-corrected chi connectivity index (χ4v) is 4.08. The van der Waals surface area contributed by atoms with E-state index >= 15 is 0 Å². The summed E-state index contributed by atoms with van der Waals surface area (Å²) in [7, 11) is 0. The zero-order valence-corrected chi connectivity index (χ0v) is 17.8. The average molecular weight is 475 g/mol. The third-order valence-corrected chi connectivity index (χ3v) is 5.68. The molecule has 0 aliphatic rings. The van der Waals surface area contributed by atoms with Crippen molar-refractivity contribution < 1.29 is 8.91 Å². The van der Waals surface area contributed by atoms with Crippen LogP contribution in [0, 0.1) is 5.82 Å². The van der Waals surface area contributed by atoms with Crippen LogP contribution in [-0.2, 0) is 12.3 Å². The number of benzene rings is 2. The summed E-state index contributed by atoms with van der Waals surface area (Å²) in [5, 5.41) is 5.17. The Balaban J connectivity index is 1.61. The molecule has 2 heterocycles. The summed E-state index contributed by atoms with van der Waals surface area (Å²) in [5.41, 5.74) is 1.22. The lowest BCUT2D eigenvalue weighted by Crippen LogP contribution is -2.23. The third kappa shape index (κ3) is 4.25. The van der Waals surface area contributed by atoms with Crippen molar-refractivity contribution in [2.75, 3.05) is 0 Å². The number of aromatic nitrogens is 4. The van der Waals surface area contributed by atoms with E-state index in [0.717, 1.165) is 10.9 Å². The largest absolute Gasteiger partial charge is 0.334 e. The summed E-state index contributed by atoms with van der Waals surface area (Å²) in [6, 6.07) is 11.3. The van der Waals surface area contributed by atoms with Crippen molar-refractivity contribution in [1.29, 1.82) is 0 Å². The Hall–Kier alpha value is -2.52. The van der Waals surface area contributed by atoms with Crippen LogP contribution in [-0.4, -0.2) is 19.7 Å². The molecule has 6 nitrogen and oxygen atoms in total. The first-order valence-corrected chi connectivity index (χ1v) is 10.7. The van der Waals surface area contributed by atoms with Gasteiger partial charge < -0.3 is 4.52 Å². The lowest BCUT2D eigenvalue weighted by atomic mass is 10.2. The standard InChI is InChI=1S/C20H16BrFN4O2S/c1-2-9-26-19(27)15-10-13(21)5-8-16(15)23-20(26)29-11-17-24-18(28-25-17)12-3-6-14(22)7-4-12/h3-8,10H,2,9,11H2,1H3. The highest BCUT2D eigenvalue weighted by Crippen LogP contribution is 2.24. The molecule has 0 saturated carbocycles. The van der Waals surface area contributed by atoms with E-state index in [1.807, 2.05) is 19.1 Å². The van der Waals surface area contributed by atoms with Crippen LogP contribution in [0.5, 0.6) is 0 Å². The second-order valence-electron chi connectivity index (χ2n) is 6.32. The molecule has 9 heteroatoms. The van der Waals surface area contributed by atoms with Crippen LogP contribution in [0.1, 0.15) is 19.2 Å². The first-order chi connectivity index (χ1) is 14.0. The van der Waals surface area contributed by atoms with E-state index in [1.165, 1.54) is 23.9 Å². The van der Waals surface area contributed by atoms with Gasteiger partial charge in [-0.25, -0.2) is 9.37 Å². The van der Waals surface area contributed by atoms with Crippen LogP contribution in [0.25, 0.3) is 22.4 Å². The molecule has 148 valence electrons. The highest BCUT2D eigenvalue weighted by molar-refractivity contribution is 9.10. The lowest BCUT2D eigenvalue weighted by Gasteiger charge is -2.11. The van der Waals surface area contributed by atoms with Crippen molar-refractivity contribution in [1.82, 2.24) is 19.7 Å². The van der Waals surface area contributed by atoms with Crippen LogP contribution in [0.3, 0.4) is 0 Å². The number of hydrogen-bond donors (Lipinski definition) is 0. The Labute approximate surface area is 178 Å². The number of thioether (sulfide) groups is 1. The normalized spacial score (nSPS) is 11.3. The molecule has 0 N–H and O–H groups in total. The Kier molecular flexibility index (Phi) is 5.77. The van der Waals surface area contributed by atoms with Gasteiger partial charge in [-0.2, -0.15) is 4.98 Å². The molecule has 0 unspecified atom stereocenters. The van der Waals surface area contributed by atoms with Crippen LogP contribution in [0.4, 0.5) is 4.39 Å². The predicted molar refractivity (Wildman–Crippen MR) is 113 cm³/mol. The Morgan fingerprint density at radius 3 is 2.72 bits per heavy atom. The van der Waals surface area contributed by atoms with Gasteiger partial charge in [0.1, 0.15) is 5.82 Å². The molecule has 4 aromatic rings. The number of nitrogens with zero attached hydrogens (tertiary/aromatic N) is 4. The van der Waals surface area contributed by atoms with Gasteiger partial charge in [0.15, 0.2) is 11.0 Å². The molecule has 0 spiro atoms. The third-order valence-electron chi connectivity index (χ3n) is 4.22. The molecule has 2 aromatic carbocycles. The summed E-state index contributed by atoms with van der Waals surface area (Å²) in [5.74, 6) is 0.862. The van der Waals surface area contributed by atoms with Gasteiger partial charge in [-0.1, -0.05) is 39.8 Å². The highest BCUT2D eigenvalue weighted by atomic mass is 79.9. The number of rotatable bonds is 6. The number of halogens is 2. The minimum absolute atomic E-state index is 0.0687. The lowest BCUT2D eigenvalue weighted by molar-refractivity contribution is 0.425. The van der Waals surface area contributed by atoms with Gasteiger partial charge in [-0.15, -0.1) is 0 Å². The predicted octanol–water partition coefficient (Wildman–Crippen LogP) is 5.05. The van der Waals surface area contributed by atoms with E-state index in [4.69, 9.17) is 4.52 Å². The molecule has 0 atom stereocenters. The van der Waals surface area contributed by atoms with E-state index in [1.54, 1.807) is 22.8 Å². The highest BCUT2D eigenvalue weighted by Gasteiger charge is 2.14. The second kappa shape index (κ2) is 8.46. The molecule has 0 amide bonds. The molecule has 2 aromatic heterocycles. The van der Waals surface area contributed by atoms with Crippen LogP contribution in [0.2, 0.25) is 0 Å². The Morgan fingerprint density at radius 2 is 1.97 bits per heavy atom. The van der Waals surface area contributed by atoms with Crippen molar-refractivity contribution in [2.45, 2.75) is 30.8 Å². The van der Waals surface area contributed by atoms with Crippen molar-refractivity contribution in [3.05, 3.63) is 68.9 Å². The van der Waals surface area contributed by atoms with E-state index in [9.17, 15) is 9.18 Å². The summed E-state index contributed by atoms with van der Waals surface area (Å²) in [6.07, 6.45) is 0.811. The topological polar surface area (TPSA) is 73.8 Å². The van der Waals surface area contributed by atoms with Gasteiger partial charge in [-0.05, 0) is 48.9 Å². The smallest absolute Gasteiger partial charge is 0.262 e. The van der Waals surface area contributed by atoms with Gasteiger partial charge in [0.2, 0.25) is 0 Å². The summed E-state index contributed by atoms with van der Waals surface area (Å²) < 4.78 is 20.9. The molecule has 0 saturated heterocycles. The van der Waals surface area contributed by atoms with Crippen molar-refractivity contribution in [3.63, 3.8) is 0 Å². The van der Waals surface area contributed by atoms with Crippen LogP contribution >= 0.6 is 27.7 Å². The number of hydrogen-bond acceptors (Lipinski definition) is 6. The quantitative estimate of drug-likeness (QED) is 0.287. The minimum Gasteiger partial charge on any atom is -0.334 e.